The van der Waals surface area contributed by atoms with Gasteiger partial charge in [-0.05, 0) is 24.3 Å². The highest BCUT2D eigenvalue weighted by Gasteiger charge is 2.26. The van der Waals surface area contributed by atoms with Gasteiger partial charge in [0.1, 0.15) is 17.2 Å². The van der Waals surface area contributed by atoms with Crippen molar-refractivity contribution in [3.05, 3.63) is 58.6 Å². The lowest BCUT2D eigenvalue weighted by Gasteiger charge is -2.35. The highest BCUT2D eigenvalue weighted by atomic mass is 16.6. The maximum Gasteiger partial charge on any atom is 0.296 e. The lowest BCUT2D eigenvalue weighted by Crippen LogP contribution is -2.50. The number of anilines is 1. The molecule has 0 bridgehead atoms. The lowest BCUT2D eigenvalue weighted by molar-refractivity contribution is -0.384. The average molecular weight is 371 g/mol. The molecule has 27 heavy (non-hydrogen) atoms. The van der Waals surface area contributed by atoms with Crippen molar-refractivity contribution in [2.75, 3.05) is 44.8 Å². The molecule has 0 aliphatic carbocycles. The van der Waals surface area contributed by atoms with Crippen molar-refractivity contribution in [3.8, 4) is 11.5 Å². The highest BCUT2D eigenvalue weighted by Crippen LogP contribution is 2.32. The summed E-state index contributed by atoms with van der Waals surface area (Å²) >= 11 is 0. The maximum atomic E-state index is 12.3. The molecule has 1 heterocycles. The molecule has 0 radical (unpaired) electrons. The van der Waals surface area contributed by atoms with E-state index in [0.717, 1.165) is 0 Å². The smallest absolute Gasteiger partial charge is 0.296 e. The largest absolute Gasteiger partial charge is 0.496 e. The normalized spacial score (nSPS) is 14.0. The number of ether oxygens (including phenoxy) is 2. The summed E-state index contributed by atoms with van der Waals surface area (Å²) in [7, 11) is 1.47. The Bertz CT molecular complexity index is 804. The number of nitro benzene ring substituents is 1. The molecular weight excluding hydrogens is 350 g/mol. The molecule has 8 nitrogen and oxygen atoms in total. The van der Waals surface area contributed by atoms with Crippen LogP contribution in [0.3, 0.4) is 0 Å². The van der Waals surface area contributed by atoms with E-state index in [-0.39, 0.29) is 18.2 Å². The maximum absolute atomic E-state index is 12.3. The van der Waals surface area contributed by atoms with E-state index in [9.17, 15) is 14.9 Å². The number of amides is 1. The molecule has 2 aromatic carbocycles. The number of rotatable bonds is 6. The van der Waals surface area contributed by atoms with Crippen molar-refractivity contribution >= 4 is 17.3 Å². The second-order valence-corrected chi connectivity index (χ2v) is 6.08. The summed E-state index contributed by atoms with van der Waals surface area (Å²) in [5, 5.41) is 11.4. The fourth-order valence-electron chi connectivity index (χ4n) is 2.99. The molecule has 142 valence electrons. The summed E-state index contributed by atoms with van der Waals surface area (Å²) in [5.74, 6) is 0.999. The van der Waals surface area contributed by atoms with Crippen LogP contribution < -0.4 is 14.4 Å². The topological polar surface area (TPSA) is 85.2 Å². The first-order valence-electron chi connectivity index (χ1n) is 8.61. The van der Waals surface area contributed by atoms with Crippen LogP contribution in [-0.4, -0.2) is 55.6 Å². The van der Waals surface area contributed by atoms with Crippen molar-refractivity contribution in [1.82, 2.24) is 4.90 Å². The molecular formula is C19H21N3O5. The molecule has 8 heteroatoms. The molecule has 0 spiro atoms. The fourth-order valence-corrected chi connectivity index (χ4v) is 2.99. The van der Waals surface area contributed by atoms with E-state index in [1.165, 1.54) is 13.2 Å². The molecule has 1 amide bonds. The summed E-state index contributed by atoms with van der Waals surface area (Å²) < 4.78 is 10.6. The Balaban J connectivity index is 1.58. The van der Waals surface area contributed by atoms with Crippen LogP contribution in [0, 0.1) is 10.1 Å². The number of benzene rings is 2. The van der Waals surface area contributed by atoms with E-state index in [4.69, 9.17) is 9.47 Å². The van der Waals surface area contributed by atoms with Crippen LogP contribution in [0.1, 0.15) is 0 Å². The molecule has 0 unspecified atom stereocenters. The van der Waals surface area contributed by atoms with E-state index in [2.05, 4.69) is 0 Å². The van der Waals surface area contributed by atoms with Gasteiger partial charge in [0.15, 0.2) is 6.61 Å². The second kappa shape index (κ2) is 8.39. The van der Waals surface area contributed by atoms with Crippen molar-refractivity contribution in [2.24, 2.45) is 0 Å². The Morgan fingerprint density at radius 3 is 2.41 bits per heavy atom. The summed E-state index contributed by atoms with van der Waals surface area (Å²) in [6.07, 6.45) is 0. The number of para-hydroxylation sites is 1. The summed E-state index contributed by atoms with van der Waals surface area (Å²) in [6.45, 7) is 1.99. The molecule has 0 N–H and O–H groups in total. The van der Waals surface area contributed by atoms with Crippen molar-refractivity contribution in [3.63, 3.8) is 0 Å². The van der Waals surface area contributed by atoms with Gasteiger partial charge in [-0.3, -0.25) is 14.9 Å². The van der Waals surface area contributed by atoms with Crippen LogP contribution in [0.2, 0.25) is 0 Å². The zero-order valence-corrected chi connectivity index (χ0v) is 15.0. The van der Waals surface area contributed by atoms with Gasteiger partial charge in [-0.25, -0.2) is 0 Å². The minimum Gasteiger partial charge on any atom is -0.496 e. The Morgan fingerprint density at radius 2 is 1.78 bits per heavy atom. The zero-order valence-electron chi connectivity index (χ0n) is 15.0. The Labute approximate surface area is 157 Å². The first kappa shape index (κ1) is 18.5. The fraction of sp³-hybridized carbons (Fsp3) is 0.316. The third kappa shape index (κ3) is 4.46. The number of hydrogen-bond donors (Lipinski definition) is 0. The van der Waals surface area contributed by atoms with E-state index in [0.29, 0.717) is 43.4 Å². The minimum atomic E-state index is -0.414. The molecule has 1 aliphatic heterocycles. The Kier molecular flexibility index (Phi) is 5.75. The van der Waals surface area contributed by atoms with Gasteiger partial charge in [-0.2, -0.15) is 0 Å². The number of methoxy groups -OCH3 is 1. The van der Waals surface area contributed by atoms with Crippen molar-refractivity contribution < 1.29 is 19.2 Å². The van der Waals surface area contributed by atoms with Crippen molar-refractivity contribution in [1.29, 1.82) is 0 Å². The zero-order chi connectivity index (χ0) is 19.2. The SMILES string of the molecule is COc1ccc(N2CCN(C(=O)COc3ccccc3)CC2)c([N+](=O)[O-])c1. The van der Waals surface area contributed by atoms with E-state index < -0.39 is 4.92 Å². The minimum absolute atomic E-state index is 0.00142. The van der Waals surface area contributed by atoms with Gasteiger partial charge in [0, 0.05) is 26.2 Å². The molecule has 3 rings (SSSR count). The molecule has 2 aromatic rings. The molecule has 1 saturated heterocycles. The van der Waals surface area contributed by atoms with Gasteiger partial charge in [0.05, 0.1) is 18.1 Å². The first-order valence-corrected chi connectivity index (χ1v) is 8.61. The van der Waals surface area contributed by atoms with Gasteiger partial charge in [-0.1, -0.05) is 18.2 Å². The van der Waals surface area contributed by atoms with Crippen LogP contribution in [0.25, 0.3) is 0 Å². The second-order valence-electron chi connectivity index (χ2n) is 6.08. The molecule has 1 fully saturated rings. The number of piperazine rings is 1. The predicted octanol–water partition coefficient (Wildman–Crippen LogP) is 2.33. The van der Waals surface area contributed by atoms with E-state index in [1.807, 2.05) is 23.1 Å². The van der Waals surface area contributed by atoms with E-state index in [1.54, 1.807) is 29.2 Å². The Hall–Kier alpha value is -3.29. The van der Waals surface area contributed by atoms with Gasteiger partial charge >= 0.3 is 0 Å². The van der Waals surface area contributed by atoms with E-state index >= 15 is 0 Å². The molecule has 0 aromatic heterocycles. The average Bonchev–Trinajstić information content (AvgIpc) is 2.72. The summed E-state index contributed by atoms with van der Waals surface area (Å²) in [6, 6.07) is 14.0. The number of carbonyl (C=O) groups is 1. The van der Waals surface area contributed by atoms with Gasteiger partial charge < -0.3 is 19.3 Å². The molecule has 0 atom stereocenters. The molecule has 1 aliphatic rings. The Morgan fingerprint density at radius 1 is 1.07 bits per heavy atom. The van der Waals surface area contributed by atoms with Crippen LogP contribution >= 0.6 is 0 Å². The van der Waals surface area contributed by atoms with Crippen LogP contribution in [0.4, 0.5) is 11.4 Å². The quantitative estimate of drug-likeness (QED) is 0.572. The van der Waals surface area contributed by atoms with Crippen molar-refractivity contribution in [2.45, 2.75) is 0 Å². The predicted molar refractivity (Wildman–Crippen MR) is 100 cm³/mol. The first-order chi connectivity index (χ1) is 13.1. The number of hydrogen-bond acceptors (Lipinski definition) is 6. The third-order valence-electron chi connectivity index (χ3n) is 4.46. The standard InChI is InChI=1S/C19H21N3O5/c1-26-16-7-8-17(18(13-16)22(24)25)20-9-11-21(12-10-20)19(23)14-27-15-5-3-2-4-6-15/h2-8,13H,9-12,14H2,1H3. The van der Waals surface area contributed by atoms with Crippen LogP contribution in [0.15, 0.2) is 48.5 Å². The lowest BCUT2D eigenvalue weighted by atomic mass is 10.2. The number of nitrogens with zero attached hydrogens (tertiary/aromatic N) is 3. The number of nitro groups is 1. The summed E-state index contributed by atoms with van der Waals surface area (Å²) in [4.78, 5) is 26.9. The van der Waals surface area contributed by atoms with Crippen LogP contribution in [-0.2, 0) is 4.79 Å². The summed E-state index contributed by atoms with van der Waals surface area (Å²) in [5.41, 5.74) is 0.537. The monoisotopic (exact) mass is 371 g/mol. The molecule has 0 saturated carbocycles. The van der Waals surface area contributed by atoms with Gasteiger partial charge in [0.2, 0.25) is 0 Å². The van der Waals surface area contributed by atoms with Gasteiger partial charge in [-0.15, -0.1) is 0 Å². The van der Waals surface area contributed by atoms with Gasteiger partial charge in [0.25, 0.3) is 11.6 Å². The highest BCUT2D eigenvalue weighted by molar-refractivity contribution is 5.78. The third-order valence-corrected chi connectivity index (χ3v) is 4.46. The number of carbonyl (C=O) groups excluding carboxylic acids is 1. The van der Waals surface area contributed by atoms with Crippen LogP contribution in [0.5, 0.6) is 11.5 Å².